The fraction of sp³-hybridized carbons (Fsp3) is 0.0455. The lowest BCUT2D eigenvalue weighted by molar-refractivity contribution is 1.05. The maximum Gasteiger partial charge on any atom is 0.160 e. The fourth-order valence-electron chi connectivity index (χ4n) is 3.26. The summed E-state index contributed by atoms with van der Waals surface area (Å²) in [6, 6.07) is 22.6. The predicted molar refractivity (Wildman–Crippen MR) is 109 cm³/mol. The molecule has 27 heavy (non-hydrogen) atoms. The van der Waals surface area contributed by atoms with Crippen LogP contribution < -0.4 is 5.32 Å². The lowest BCUT2D eigenvalue weighted by atomic mass is 10.2. The molecule has 0 aliphatic rings. The van der Waals surface area contributed by atoms with Crippen LogP contribution in [0.25, 0.3) is 27.5 Å². The van der Waals surface area contributed by atoms with Gasteiger partial charge in [0.15, 0.2) is 5.82 Å². The first-order chi connectivity index (χ1) is 13.3. The van der Waals surface area contributed by atoms with Crippen LogP contribution in [0.5, 0.6) is 0 Å². The predicted octanol–water partition coefficient (Wildman–Crippen LogP) is 5.02. The van der Waals surface area contributed by atoms with Gasteiger partial charge in [0.2, 0.25) is 0 Å². The lowest BCUT2D eigenvalue weighted by Crippen LogP contribution is -1.97. The molecular weight excluding hydrogens is 334 g/mol. The van der Waals surface area contributed by atoms with E-state index in [0.29, 0.717) is 0 Å². The van der Waals surface area contributed by atoms with E-state index in [4.69, 9.17) is 0 Å². The second-order valence-electron chi connectivity index (χ2n) is 6.56. The maximum absolute atomic E-state index is 4.57. The number of imidazole rings is 1. The zero-order chi connectivity index (χ0) is 18.2. The van der Waals surface area contributed by atoms with E-state index in [2.05, 4.69) is 62.3 Å². The van der Waals surface area contributed by atoms with E-state index >= 15 is 0 Å². The molecule has 5 aromatic rings. The first kappa shape index (κ1) is 15.5. The van der Waals surface area contributed by atoms with Gasteiger partial charge in [0, 0.05) is 22.1 Å². The normalized spacial score (nSPS) is 11.1. The Morgan fingerprint density at radius 1 is 0.926 bits per heavy atom. The van der Waals surface area contributed by atoms with Gasteiger partial charge in [-0.25, -0.2) is 4.98 Å². The molecule has 1 N–H and O–H groups in total. The summed E-state index contributed by atoms with van der Waals surface area (Å²) in [4.78, 5) is 4.57. The number of aromatic nitrogens is 4. The molecule has 2 heterocycles. The summed E-state index contributed by atoms with van der Waals surface area (Å²) in [6.45, 7) is 2.09. The van der Waals surface area contributed by atoms with Gasteiger partial charge in [-0.15, -0.1) is 5.10 Å². The Bertz CT molecular complexity index is 1250. The van der Waals surface area contributed by atoms with Crippen molar-refractivity contribution in [1.29, 1.82) is 0 Å². The quantitative estimate of drug-likeness (QED) is 0.496. The number of hydrogen-bond acceptors (Lipinski definition) is 4. The van der Waals surface area contributed by atoms with Gasteiger partial charge in [-0.1, -0.05) is 42.0 Å². The Hall–Kier alpha value is -3.73. The van der Waals surface area contributed by atoms with Crippen LogP contribution in [-0.4, -0.2) is 19.7 Å². The molecule has 0 bridgehead atoms. The third-order valence-electron chi connectivity index (χ3n) is 4.69. The smallest absolute Gasteiger partial charge is 0.160 e. The van der Waals surface area contributed by atoms with Gasteiger partial charge >= 0.3 is 0 Å². The van der Waals surface area contributed by atoms with Crippen molar-refractivity contribution in [1.82, 2.24) is 19.7 Å². The van der Waals surface area contributed by atoms with E-state index in [9.17, 15) is 0 Å². The van der Waals surface area contributed by atoms with Crippen molar-refractivity contribution in [3.8, 4) is 5.69 Å². The van der Waals surface area contributed by atoms with E-state index in [0.717, 1.165) is 39.0 Å². The molecule has 0 unspecified atom stereocenters. The van der Waals surface area contributed by atoms with Crippen molar-refractivity contribution in [3.05, 3.63) is 84.8 Å². The largest absolute Gasteiger partial charge is 0.338 e. The third kappa shape index (κ3) is 2.79. The minimum absolute atomic E-state index is 0.741. The number of aryl methyl sites for hydroxylation is 1. The molecule has 5 rings (SSSR count). The van der Waals surface area contributed by atoms with Crippen molar-refractivity contribution in [2.24, 2.45) is 0 Å². The van der Waals surface area contributed by atoms with Gasteiger partial charge in [0.1, 0.15) is 6.33 Å². The highest BCUT2D eigenvalue weighted by Crippen LogP contribution is 2.26. The van der Waals surface area contributed by atoms with Gasteiger partial charge in [0.25, 0.3) is 0 Å². The van der Waals surface area contributed by atoms with E-state index < -0.39 is 0 Å². The zero-order valence-electron chi connectivity index (χ0n) is 14.8. The Balaban J connectivity index is 1.53. The van der Waals surface area contributed by atoms with Crippen molar-refractivity contribution < 1.29 is 0 Å². The number of nitrogens with one attached hydrogen (secondary N) is 1. The highest BCUT2D eigenvalue weighted by Gasteiger charge is 2.08. The van der Waals surface area contributed by atoms with Gasteiger partial charge in [-0.05, 0) is 37.3 Å². The number of fused-ring (bicyclic) bond motifs is 2. The Kier molecular flexibility index (Phi) is 3.57. The fourth-order valence-corrected chi connectivity index (χ4v) is 3.26. The number of nitrogens with zero attached hydrogens (tertiary/aromatic N) is 4. The average molecular weight is 351 g/mol. The van der Waals surface area contributed by atoms with Gasteiger partial charge in [-0.3, -0.25) is 4.57 Å². The van der Waals surface area contributed by atoms with E-state index in [-0.39, 0.29) is 0 Å². The van der Waals surface area contributed by atoms with Crippen LogP contribution in [0.2, 0.25) is 0 Å². The summed E-state index contributed by atoms with van der Waals surface area (Å²) in [6.07, 6.45) is 3.63. The zero-order valence-corrected chi connectivity index (χ0v) is 14.8. The SMILES string of the molecule is Cc1ccc(-n2cnc3cc(Nc4nncc5ccccc45)ccc32)cc1. The van der Waals surface area contributed by atoms with Gasteiger partial charge in [-0.2, -0.15) is 5.10 Å². The molecular formula is C22H17N5. The highest BCUT2D eigenvalue weighted by molar-refractivity contribution is 5.93. The molecule has 0 aliphatic carbocycles. The summed E-state index contributed by atoms with van der Waals surface area (Å²) < 4.78 is 2.09. The second kappa shape index (κ2) is 6.21. The van der Waals surface area contributed by atoms with Gasteiger partial charge in [0.05, 0.1) is 17.2 Å². The van der Waals surface area contributed by atoms with Crippen molar-refractivity contribution in [3.63, 3.8) is 0 Å². The summed E-state index contributed by atoms with van der Waals surface area (Å²) in [7, 11) is 0. The summed E-state index contributed by atoms with van der Waals surface area (Å²) >= 11 is 0. The molecule has 0 radical (unpaired) electrons. The summed E-state index contributed by atoms with van der Waals surface area (Å²) in [5.74, 6) is 0.741. The van der Waals surface area contributed by atoms with Crippen molar-refractivity contribution in [2.75, 3.05) is 5.32 Å². The summed E-state index contributed by atoms with van der Waals surface area (Å²) in [5.41, 5.74) is 5.26. The summed E-state index contributed by atoms with van der Waals surface area (Å²) in [5, 5.41) is 13.8. The number of benzene rings is 3. The third-order valence-corrected chi connectivity index (χ3v) is 4.69. The number of hydrogen-bond donors (Lipinski definition) is 1. The molecule has 0 spiro atoms. The van der Waals surface area contributed by atoms with E-state index in [1.165, 1.54) is 5.56 Å². The molecule has 5 heteroatoms. The number of rotatable bonds is 3. The van der Waals surface area contributed by atoms with Crippen LogP contribution >= 0.6 is 0 Å². The van der Waals surface area contributed by atoms with Crippen molar-refractivity contribution >= 4 is 33.3 Å². The Morgan fingerprint density at radius 2 is 1.78 bits per heavy atom. The molecule has 0 fully saturated rings. The lowest BCUT2D eigenvalue weighted by Gasteiger charge is -2.09. The van der Waals surface area contributed by atoms with E-state index in [1.54, 1.807) is 6.20 Å². The molecule has 0 saturated heterocycles. The Morgan fingerprint density at radius 3 is 2.67 bits per heavy atom. The maximum atomic E-state index is 4.57. The second-order valence-corrected chi connectivity index (χ2v) is 6.56. The number of anilines is 2. The molecule has 3 aromatic carbocycles. The van der Waals surface area contributed by atoms with Crippen LogP contribution in [0.3, 0.4) is 0 Å². The minimum atomic E-state index is 0.741. The molecule has 0 saturated carbocycles. The standard InChI is InChI=1S/C22H17N5/c1-15-6-9-18(10-7-15)27-14-23-20-12-17(8-11-21(20)27)25-22-19-5-3-2-4-16(19)13-24-26-22/h2-14H,1H3,(H,25,26). The molecule has 0 atom stereocenters. The molecule has 2 aromatic heterocycles. The molecule has 5 nitrogen and oxygen atoms in total. The average Bonchev–Trinajstić information content (AvgIpc) is 3.12. The minimum Gasteiger partial charge on any atom is -0.338 e. The van der Waals surface area contributed by atoms with E-state index in [1.807, 2.05) is 42.7 Å². The molecule has 0 amide bonds. The van der Waals surface area contributed by atoms with Crippen LogP contribution in [0.1, 0.15) is 5.56 Å². The van der Waals surface area contributed by atoms with Crippen LogP contribution in [0.15, 0.2) is 79.3 Å². The molecule has 0 aliphatic heterocycles. The van der Waals surface area contributed by atoms with Crippen LogP contribution in [-0.2, 0) is 0 Å². The topological polar surface area (TPSA) is 55.6 Å². The first-order valence-electron chi connectivity index (χ1n) is 8.79. The highest BCUT2D eigenvalue weighted by atomic mass is 15.2. The van der Waals surface area contributed by atoms with Gasteiger partial charge < -0.3 is 5.32 Å². The van der Waals surface area contributed by atoms with Crippen LogP contribution in [0, 0.1) is 6.92 Å². The van der Waals surface area contributed by atoms with Crippen LogP contribution in [0.4, 0.5) is 11.5 Å². The monoisotopic (exact) mass is 351 g/mol. The Labute approximate surface area is 156 Å². The first-order valence-corrected chi connectivity index (χ1v) is 8.79. The van der Waals surface area contributed by atoms with Crippen molar-refractivity contribution in [2.45, 2.75) is 6.92 Å². The molecule has 130 valence electrons.